The van der Waals surface area contributed by atoms with E-state index in [0.29, 0.717) is 18.9 Å². The number of aliphatic hydroxyl groups excluding tert-OH is 1. The minimum absolute atomic E-state index is 0.0503. The van der Waals surface area contributed by atoms with E-state index >= 15 is 0 Å². The van der Waals surface area contributed by atoms with E-state index in [1.165, 1.54) is 0 Å². The van der Waals surface area contributed by atoms with E-state index in [-0.39, 0.29) is 29.1 Å². The van der Waals surface area contributed by atoms with Gasteiger partial charge in [-0.25, -0.2) is 4.79 Å². The Morgan fingerprint density at radius 2 is 1.68 bits per heavy atom. The number of hydrogen-bond donors (Lipinski definition) is 4. The number of hydrogen-bond acceptors (Lipinski definition) is 6. The van der Waals surface area contributed by atoms with E-state index in [2.05, 4.69) is 39.0 Å². The number of rotatable bonds is 8. The van der Waals surface area contributed by atoms with Crippen molar-refractivity contribution in [3.8, 4) is 0 Å². The number of amides is 4. The van der Waals surface area contributed by atoms with Crippen molar-refractivity contribution in [2.45, 2.75) is 111 Å². The van der Waals surface area contributed by atoms with Gasteiger partial charge in [0.2, 0.25) is 11.8 Å². The largest absolute Gasteiger partial charge is 0.444 e. The molecule has 0 aromatic heterocycles. The van der Waals surface area contributed by atoms with Crippen molar-refractivity contribution < 1.29 is 29.0 Å². The Bertz CT molecular complexity index is 939. The van der Waals surface area contributed by atoms with Crippen molar-refractivity contribution in [3.05, 3.63) is 0 Å². The first-order valence-corrected chi connectivity index (χ1v) is 14.2. The molecule has 10 nitrogen and oxygen atoms in total. The third-order valence-corrected chi connectivity index (χ3v) is 8.75. The van der Waals surface area contributed by atoms with Gasteiger partial charge in [0.05, 0.1) is 6.04 Å². The van der Waals surface area contributed by atoms with Gasteiger partial charge in [-0.15, -0.1) is 0 Å². The van der Waals surface area contributed by atoms with Crippen molar-refractivity contribution in [1.29, 1.82) is 0 Å². The standard InChI is InChI=1S/C27H47N4O6P/c1-25(2,3)20(29-24(36)37-26(4,5)6)23(35)31-13-15-17(27(15,7)8)18(31)21(33)28-16(12-14-10-9-11-14)19(32)22(34)30-38/h14-20,32H,9-13,38H2,1-8H3,(H,28,33)(H,29,36)(H,30,34)/t15-,16?,17-,18-,19?,20+/m0/s1. The summed E-state index contributed by atoms with van der Waals surface area (Å²) < 4.78 is 5.41. The lowest BCUT2D eigenvalue weighted by Gasteiger charge is -2.38. The zero-order valence-electron chi connectivity index (χ0n) is 24.1. The topological polar surface area (TPSA) is 137 Å². The Hall–Kier alpha value is -1.93. The fraction of sp³-hybridized carbons (Fsp3) is 0.852. The lowest BCUT2D eigenvalue weighted by atomic mass is 9.79. The highest BCUT2D eigenvalue weighted by atomic mass is 31.0. The first-order valence-electron chi connectivity index (χ1n) is 13.7. The molecule has 0 aromatic rings. The van der Waals surface area contributed by atoms with Gasteiger partial charge in [0.1, 0.15) is 17.7 Å². The average molecular weight is 555 g/mol. The van der Waals surface area contributed by atoms with Gasteiger partial charge >= 0.3 is 6.09 Å². The Morgan fingerprint density at radius 1 is 1.08 bits per heavy atom. The maximum atomic E-state index is 14.0. The molecule has 4 N–H and O–H groups in total. The number of nitrogens with one attached hydrogen (secondary N) is 3. The van der Waals surface area contributed by atoms with Crippen LogP contribution in [0.2, 0.25) is 0 Å². The fourth-order valence-corrected chi connectivity index (χ4v) is 6.11. The molecule has 1 saturated heterocycles. The molecule has 1 aliphatic heterocycles. The van der Waals surface area contributed by atoms with Crippen molar-refractivity contribution in [2.75, 3.05) is 6.54 Å². The van der Waals surface area contributed by atoms with Gasteiger partial charge in [-0.3, -0.25) is 14.4 Å². The summed E-state index contributed by atoms with van der Waals surface area (Å²) in [6, 6.07) is -2.43. The summed E-state index contributed by atoms with van der Waals surface area (Å²) in [5.41, 5.74) is -1.48. The number of nitrogens with zero attached hydrogens (tertiary/aromatic N) is 1. The molecular formula is C27H47N4O6P. The molecule has 7 atom stereocenters. The lowest BCUT2D eigenvalue weighted by Crippen LogP contribution is -2.61. The first-order chi connectivity index (χ1) is 17.4. The zero-order chi connectivity index (χ0) is 28.8. The number of likely N-dealkylation sites (tertiary alicyclic amines) is 1. The van der Waals surface area contributed by atoms with Crippen LogP contribution in [0.5, 0.6) is 0 Å². The number of fused-ring (bicyclic) bond motifs is 1. The predicted molar refractivity (Wildman–Crippen MR) is 147 cm³/mol. The second-order valence-electron chi connectivity index (χ2n) is 13.9. The van der Waals surface area contributed by atoms with E-state index in [1.807, 2.05) is 20.8 Å². The molecule has 2 aliphatic carbocycles. The smallest absolute Gasteiger partial charge is 0.408 e. The van der Waals surface area contributed by atoms with Crippen LogP contribution in [-0.2, 0) is 19.1 Å². The van der Waals surface area contributed by atoms with Gasteiger partial charge in [0, 0.05) is 6.54 Å². The van der Waals surface area contributed by atoms with Crippen molar-refractivity contribution in [3.63, 3.8) is 0 Å². The fourth-order valence-electron chi connectivity index (χ4n) is 5.94. The summed E-state index contributed by atoms with van der Waals surface area (Å²) in [4.78, 5) is 54.2. The van der Waals surface area contributed by atoms with Gasteiger partial charge in [-0.2, -0.15) is 0 Å². The van der Waals surface area contributed by atoms with Gasteiger partial charge in [0.25, 0.3) is 5.91 Å². The first kappa shape index (κ1) is 30.6. The minimum Gasteiger partial charge on any atom is -0.444 e. The lowest BCUT2D eigenvalue weighted by molar-refractivity contribution is -0.145. The Morgan fingerprint density at radius 3 is 2.16 bits per heavy atom. The molecule has 0 bridgehead atoms. The number of carbonyl (C=O) groups is 4. The maximum Gasteiger partial charge on any atom is 0.408 e. The number of carbonyl (C=O) groups excluding carboxylic acids is 4. The second kappa shape index (κ2) is 10.9. The third kappa shape index (κ3) is 6.61. The molecule has 0 radical (unpaired) electrons. The molecule has 38 heavy (non-hydrogen) atoms. The molecule has 3 unspecified atom stereocenters. The number of aliphatic hydroxyl groups is 1. The van der Waals surface area contributed by atoms with Crippen molar-refractivity contribution in [1.82, 2.24) is 20.6 Å². The highest BCUT2D eigenvalue weighted by Gasteiger charge is 2.70. The van der Waals surface area contributed by atoms with Crippen LogP contribution >= 0.6 is 9.39 Å². The molecule has 2 saturated carbocycles. The van der Waals surface area contributed by atoms with Crippen LogP contribution in [0.25, 0.3) is 0 Å². The summed E-state index contributed by atoms with van der Waals surface area (Å²) in [5.74, 6) is -0.869. The third-order valence-electron chi connectivity index (χ3n) is 8.47. The van der Waals surface area contributed by atoms with Crippen LogP contribution in [0.3, 0.4) is 0 Å². The summed E-state index contributed by atoms with van der Waals surface area (Å²) in [5, 5.41) is 18.8. The molecule has 4 amide bonds. The molecule has 216 valence electrons. The van der Waals surface area contributed by atoms with E-state index < -0.39 is 47.2 Å². The van der Waals surface area contributed by atoms with Crippen LogP contribution in [0, 0.1) is 28.6 Å². The van der Waals surface area contributed by atoms with E-state index in [0.717, 1.165) is 19.3 Å². The monoisotopic (exact) mass is 554 g/mol. The van der Waals surface area contributed by atoms with Crippen LogP contribution in [0.1, 0.15) is 81.1 Å². The Kier molecular flexibility index (Phi) is 8.79. The summed E-state index contributed by atoms with van der Waals surface area (Å²) in [6.45, 7) is 15.4. The van der Waals surface area contributed by atoms with Crippen LogP contribution in [-0.4, -0.2) is 70.2 Å². The SMILES string of the molecule is CC(C)(C)OC(=O)N[C@H](C(=O)N1C[C@H]2[C@@H]([C@H]1C(=O)NC(CC1CCC1)C(O)C(=O)NP)C2(C)C)C(C)(C)C. The molecule has 1 heterocycles. The molecule has 3 aliphatic rings. The molecular weight excluding hydrogens is 507 g/mol. The highest BCUT2D eigenvalue weighted by molar-refractivity contribution is 7.15. The van der Waals surface area contributed by atoms with Crippen molar-refractivity contribution >= 4 is 33.2 Å². The predicted octanol–water partition coefficient (Wildman–Crippen LogP) is 2.35. The Balaban J connectivity index is 1.83. The van der Waals surface area contributed by atoms with E-state index in [1.54, 1.807) is 25.7 Å². The van der Waals surface area contributed by atoms with Crippen LogP contribution in [0.4, 0.5) is 4.79 Å². The summed E-state index contributed by atoms with van der Waals surface area (Å²) in [7, 11) is 2.08. The van der Waals surface area contributed by atoms with Crippen LogP contribution < -0.4 is 15.7 Å². The summed E-state index contributed by atoms with van der Waals surface area (Å²) in [6.07, 6.45) is 1.49. The highest BCUT2D eigenvalue weighted by Crippen LogP contribution is 2.65. The normalized spacial score (nSPS) is 26.8. The van der Waals surface area contributed by atoms with Crippen molar-refractivity contribution in [2.24, 2.45) is 28.6 Å². The number of ether oxygens (including phenoxy) is 1. The Labute approximate surface area is 229 Å². The summed E-state index contributed by atoms with van der Waals surface area (Å²) >= 11 is 0. The molecule has 11 heteroatoms. The minimum atomic E-state index is -1.40. The van der Waals surface area contributed by atoms with Gasteiger partial charge < -0.3 is 30.5 Å². The average Bonchev–Trinajstić information content (AvgIpc) is 3.08. The molecule has 0 aromatic carbocycles. The van der Waals surface area contributed by atoms with E-state index in [4.69, 9.17) is 4.74 Å². The zero-order valence-corrected chi connectivity index (χ0v) is 25.2. The maximum absolute atomic E-state index is 14.0. The molecule has 0 spiro atoms. The van der Waals surface area contributed by atoms with Gasteiger partial charge in [-0.05, 0) is 65.2 Å². The van der Waals surface area contributed by atoms with Gasteiger partial charge in [-0.1, -0.05) is 53.9 Å². The quantitative estimate of drug-likeness (QED) is 0.340. The number of piperidine rings is 1. The molecule has 3 rings (SSSR count). The second-order valence-corrected chi connectivity index (χ2v) is 14.2. The van der Waals surface area contributed by atoms with Gasteiger partial charge in [0.15, 0.2) is 6.10 Å². The van der Waals surface area contributed by atoms with E-state index in [9.17, 15) is 24.3 Å². The van der Waals surface area contributed by atoms with Crippen LogP contribution in [0.15, 0.2) is 0 Å². The number of alkyl carbamates (subject to hydrolysis) is 1. The molecule has 3 fully saturated rings.